The lowest BCUT2D eigenvalue weighted by atomic mass is 9.72. The quantitative estimate of drug-likeness (QED) is 0.365. The molecule has 10 heteroatoms. The molecular formula is C10H15BN2O7. The van der Waals surface area contributed by atoms with Crippen LogP contribution in [0.3, 0.4) is 0 Å². The average molecular weight is 286 g/mol. The zero-order valence-electron chi connectivity index (χ0n) is 10.7. The molecule has 0 radical (unpaired) electrons. The van der Waals surface area contributed by atoms with Gasteiger partial charge in [-0.15, -0.1) is 0 Å². The van der Waals surface area contributed by atoms with Crippen LogP contribution in [0.25, 0.3) is 0 Å². The number of H-pyrrole nitrogens is 1. The van der Waals surface area contributed by atoms with Gasteiger partial charge in [0.2, 0.25) is 0 Å². The molecule has 9 nitrogen and oxygen atoms in total. The number of aromatic amines is 1. The summed E-state index contributed by atoms with van der Waals surface area (Å²) in [5, 5.41) is 37.9. The number of hydrogen-bond acceptors (Lipinski definition) is 7. The Morgan fingerprint density at radius 1 is 1.55 bits per heavy atom. The molecule has 2 heterocycles. The molecule has 0 amide bonds. The van der Waals surface area contributed by atoms with Gasteiger partial charge in [-0.25, -0.2) is 4.79 Å². The first kappa shape index (κ1) is 14.9. The largest absolute Gasteiger partial charge is 0.508 e. The molecule has 0 aliphatic carbocycles. The second kappa shape index (κ2) is 5.15. The molecule has 1 fully saturated rings. The number of nitrogens with zero attached hydrogens (tertiary/aromatic N) is 1. The van der Waals surface area contributed by atoms with Crippen molar-refractivity contribution in [2.45, 2.75) is 31.2 Å². The molecule has 0 unspecified atom stereocenters. The summed E-state index contributed by atoms with van der Waals surface area (Å²) in [6.45, 7) is 0.883. The molecule has 1 aromatic rings. The molecule has 0 bridgehead atoms. The fraction of sp³-hybridized carbons (Fsp3) is 0.600. The smallest absolute Gasteiger partial charge is 0.424 e. The SMILES string of the molecule is Cc1cn([C@@]2(B(O)O)C[C@H](O)[C@@H](CO)O2)c(=O)[nH]c1=O. The second-order valence-corrected chi connectivity index (χ2v) is 4.77. The second-order valence-electron chi connectivity index (χ2n) is 4.77. The van der Waals surface area contributed by atoms with E-state index in [4.69, 9.17) is 9.84 Å². The summed E-state index contributed by atoms with van der Waals surface area (Å²) >= 11 is 0. The van der Waals surface area contributed by atoms with Crippen molar-refractivity contribution < 1.29 is 25.0 Å². The van der Waals surface area contributed by atoms with E-state index in [1.54, 1.807) is 0 Å². The molecule has 1 saturated heterocycles. The number of aliphatic hydroxyl groups is 2. The van der Waals surface area contributed by atoms with E-state index in [1.165, 1.54) is 6.92 Å². The van der Waals surface area contributed by atoms with Crippen LogP contribution in [0.15, 0.2) is 15.8 Å². The predicted octanol–water partition coefficient (Wildman–Crippen LogP) is -3.35. The van der Waals surface area contributed by atoms with Gasteiger partial charge in [-0.05, 0) is 6.92 Å². The van der Waals surface area contributed by atoms with Crippen LogP contribution in [0.2, 0.25) is 0 Å². The predicted molar refractivity (Wildman–Crippen MR) is 66.8 cm³/mol. The molecule has 0 aromatic carbocycles. The van der Waals surface area contributed by atoms with Crippen LogP contribution in [0, 0.1) is 6.92 Å². The van der Waals surface area contributed by atoms with Gasteiger partial charge in [0.25, 0.3) is 5.56 Å². The van der Waals surface area contributed by atoms with Gasteiger partial charge in [-0.3, -0.25) is 14.3 Å². The summed E-state index contributed by atoms with van der Waals surface area (Å²) in [6, 6.07) is 0. The van der Waals surface area contributed by atoms with Gasteiger partial charge in [0.15, 0.2) is 5.62 Å². The zero-order chi connectivity index (χ0) is 15.1. The molecule has 5 N–H and O–H groups in total. The molecule has 2 rings (SSSR count). The summed E-state index contributed by atoms with van der Waals surface area (Å²) in [6.07, 6.45) is -1.44. The van der Waals surface area contributed by atoms with Gasteiger partial charge in [-0.2, -0.15) is 0 Å². The molecule has 20 heavy (non-hydrogen) atoms. The summed E-state index contributed by atoms with van der Waals surface area (Å²) in [5.74, 6) is 0. The first-order valence-corrected chi connectivity index (χ1v) is 5.98. The molecule has 110 valence electrons. The monoisotopic (exact) mass is 286 g/mol. The normalized spacial score (nSPS) is 29.6. The zero-order valence-corrected chi connectivity index (χ0v) is 10.7. The maximum Gasteiger partial charge on any atom is 0.508 e. The van der Waals surface area contributed by atoms with Crippen LogP contribution < -0.4 is 11.2 Å². The van der Waals surface area contributed by atoms with E-state index in [1.807, 2.05) is 4.98 Å². The molecule has 0 spiro atoms. The summed E-state index contributed by atoms with van der Waals surface area (Å²) in [4.78, 5) is 25.2. The number of aliphatic hydroxyl groups excluding tert-OH is 2. The molecule has 0 saturated carbocycles. The first-order valence-electron chi connectivity index (χ1n) is 5.98. The highest BCUT2D eigenvalue weighted by molar-refractivity contribution is 6.43. The van der Waals surface area contributed by atoms with E-state index in [2.05, 4.69) is 0 Å². The lowest BCUT2D eigenvalue weighted by molar-refractivity contribution is -0.0867. The molecule has 1 aliphatic heterocycles. The number of rotatable bonds is 3. The summed E-state index contributed by atoms with van der Waals surface area (Å²) in [7, 11) is -2.13. The van der Waals surface area contributed by atoms with Crippen LogP contribution in [-0.4, -0.2) is 55.7 Å². The number of aromatic nitrogens is 2. The minimum Gasteiger partial charge on any atom is -0.424 e. The van der Waals surface area contributed by atoms with Crippen molar-refractivity contribution >= 4 is 7.12 Å². The molecule has 3 atom stereocenters. The average Bonchev–Trinajstić information content (AvgIpc) is 2.72. The standard InChI is InChI=1S/C10H15BN2O7/c1-5-3-13(9(17)12-8(5)16)10(11(18)19)2-6(15)7(4-14)20-10/h3,6-7,14-15,18-19H,2,4H2,1H3,(H,12,16,17)/t6-,7+,10-/m0/s1. The maximum absolute atomic E-state index is 11.9. The minimum atomic E-state index is -2.13. The van der Waals surface area contributed by atoms with Gasteiger partial charge < -0.3 is 25.0 Å². The van der Waals surface area contributed by atoms with Crippen LogP contribution >= 0.6 is 0 Å². The van der Waals surface area contributed by atoms with Crippen molar-refractivity contribution in [2.24, 2.45) is 0 Å². The Kier molecular flexibility index (Phi) is 3.85. The van der Waals surface area contributed by atoms with Crippen LogP contribution in [0.5, 0.6) is 0 Å². The Bertz CT molecular complexity index is 612. The summed E-state index contributed by atoms with van der Waals surface area (Å²) < 4.78 is 6.09. The van der Waals surface area contributed by atoms with Crippen LogP contribution in [-0.2, 0) is 10.4 Å². The van der Waals surface area contributed by atoms with Crippen molar-refractivity contribution in [3.8, 4) is 0 Å². The fourth-order valence-electron chi connectivity index (χ4n) is 2.27. The highest BCUT2D eigenvalue weighted by Gasteiger charge is 2.55. The Hall–Kier alpha value is -1.46. The van der Waals surface area contributed by atoms with E-state index in [0.717, 1.165) is 10.8 Å². The van der Waals surface area contributed by atoms with Crippen molar-refractivity contribution in [3.05, 3.63) is 32.6 Å². The first-order chi connectivity index (χ1) is 9.31. The number of hydrogen-bond donors (Lipinski definition) is 5. The van der Waals surface area contributed by atoms with E-state index in [-0.39, 0.29) is 12.0 Å². The number of ether oxygens (including phenoxy) is 1. The van der Waals surface area contributed by atoms with Gasteiger partial charge in [0.1, 0.15) is 6.10 Å². The third-order valence-electron chi connectivity index (χ3n) is 3.40. The van der Waals surface area contributed by atoms with Gasteiger partial charge in [0.05, 0.1) is 12.7 Å². The van der Waals surface area contributed by atoms with Gasteiger partial charge in [0, 0.05) is 18.2 Å². The summed E-state index contributed by atoms with van der Waals surface area (Å²) in [5.41, 5.74) is -3.31. The van der Waals surface area contributed by atoms with E-state index >= 15 is 0 Å². The van der Waals surface area contributed by atoms with Gasteiger partial charge in [-0.1, -0.05) is 0 Å². The fourth-order valence-corrected chi connectivity index (χ4v) is 2.27. The van der Waals surface area contributed by atoms with Crippen molar-refractivity contribution in [2.75, 3.05) is 6.61 Å². The minimum absolute atomic E-state index is 0.162. The van der Waals surface area contributed by atoms with Crippen molar-refractivity contribution in [3.63, 3.8) is 0 Å². The highest BCUT2D eigenvalue weighted by atomic mass is 16.6. The topological polar surface area (TPSA) is 145 Å². The lowest BCUT2D eigenvalue weighted by Gasteiger charge is -2.30. The van der Waals surface area contributed by atoms with Crippen molar-refractivity contribution in [1.82, 2.24) is 9.55 Å². The maximum atomic E-state index is 11.9. The van der Waals surface area contributed by atoms with Crippen molar-refractivity contribution in [1.29, 1.82) is 0 Å². The number of aryl methyl sites for hydroxylation is 1. The number of nitrogens with one attached hydrogen (secondary N) is 1. The van der Waals surface area contributed by atoms with Crippen LogP contribution in [0.1, 0.15) is 12.0 Å². The molecule has 1 aromatic heterocycles. The lowest BCUT2D eigenvalue weighted by Crippen LogP contribution is -2.54. The van der Waals surface area contributed by atoms with E-state index in [0.29, 0.717) is 0 Å². The van der Waals surface area contributed by atoms with E-state index < -0.39 is 42.8 Å². The molecule has 1 aliphatic rings. The Balaban J connectivity index is 2.59. The van der Waals surface area contributed by atoms with Gasteiger partial charge >= 0.3 is 12.8 Å². The Morgan fingerprint density at radius 2 is 2.20 bits per heavy atom. The third kappa shape index (κ3) is 2.21. The Morgan fingerprint density at radius 3 is 2.70 bits per heavy atom. The highest BCUT2D eigenvalue weighted by Crippen LogP contribution is 2.35. The third-order valence-corrected chi connectivity index (χ3v) is 3.40. The molecular weight excluding hydrogens is 271 g/mol. The van der Waals surface area contributed by atoms with E-state index in [9.17, 15) is 24.7 Å². The Labute approximate surface area is 113 Å². The van der Waals surface area contributed by atoms with Crippen LogP contribution in [0.4, 0.5) is 0 Å².